The number of pyridine rings is 1. The van der Waals surface area contributed by atoms with Crippen molar-refractivity contribution in [3.8, 4) is 0 Å². The number of hydrogen-bond donors (Lipinski definition) is 1. The molecule has 1 aromatic rings. The molecule has 112 valence electrons. The van der Waals surface area contributed by atoms with Crippen LogP contribution in [0.25, 0.3) is 0 Å². The van der Waals surface area contributed by atoms with Crippen molar-refractivity contribution in [1.82, 2.24) is 4.98 Å². The van der Waals surface area contributed by atoms with E-state index in [0.29, 0.717) is 0 Å². The van der Waals surface area contributed by atoms with Gasteiger partial charge in [0, 0.05) is 0 Å². The van der Waals surface area contributed by atoms with Gasteiger partial charge in [-0.25, -0.2) is 4.98 Å². The molecule has 0 atom stereocenters. The minimum absolute atomic E-state index is 0.0637. The molecule has 0 saturated heterocycles. The van der Waals surface area contributed by atoms with Gasteiger partial charge in [-0.2, -0.15) is 26.3 Å². The van der Waals surface area contributed by atoms with Crippen LogP contribution >= 0.6 is 27.5 Å². The Morgan fingerprint density at radius 3 is 2.15 bits per heavy atom. The van der Waals surface area contributed by atoms with Crippen LogP contribution in [0.15, 0.2) is 16.7 Å². The first-order valence-electron chi connectivity index (χ1n) is 4.68. The molecule has 1 N–H and O–H groups in total. The van der Waals surface area contributed by atoms with Crippen LogP contribution in [0.4, 0.5) is 32.0 Å². The summed E-state index contributed by atoms with van der Waals surface area (Å²) in [6, 6.07) is 1.02. The Labute approximate surface area is 121 Å². The van der Waals surface area contributed by atoms with Gasteiger partial charge in [-0.05, 0) is 22.0 Å². The molecule has 3 nitrogen and oxygen atoms in total. The summed E-state index contributed by atoms with van der Waals surface area (Å²) in [5.74, 6) is -6.37. The Bertz CT molecular complexity index is 504. The Balaban J connectivity index is 3.00. The van der Waals surface area contributed by atoms with E-state index in [0.717, 1.165) is 12.3 Å². The molecule has 0 aliphatic heterocycles. The fourth-order valence-corrected chi connectivity index (χ4v) is 1.64. The minimum atomic E-state index is -5.75. The van der Waals surface area contributed by atoms with Crippen LogP contribution in [-0.2, 0) is 4.79 Å². The summed E-state index contributed by atoms with van der Waals surface area (Å²) in [7, 11) is 0. The lowest BCUT2D eigenvalue weighted by Gasteiger charge is -2.22. The zero-order chi connectivity index (χ0) is 15.7. The molecule has 0 radical (unpaired) electrons. The summed E-state index contributed by atoms with van der Waals surface area (Å²) in [4.78, 5) is 14.6. The van der Waals surface area contributed by atoms with E-state index in [9.17, 15) is 31.1 Å². The average Bonchev–Trinajstić information content (AvgIpc) is 2.18. The zero-order valence-electron chi connectivity index (χ0n) is 9.11. The van der Waals surface area contributed by atoms with Crippen molar-refractivity contribution >= 4 is 39.1 Å². The summed E-state index contributed by atoms with van der Waals surface area (Å²) in [5.41, 5.74) is -0.357. The number of anilines is 1. The van der Waals surface area contributed by atoms with Crippen LogP contribution in [0.3, 0.4) is 0 Å². The lowest BCUT2D eigenvalue weighted by molar-refractivity contribution is -0.272. The topological polar surface area (TPSA) is 42.0 Å². The zero-order valence-corrected chi connectivity index (χ0v) is 11.5. The van der Waals surface area contributed by atoms with Crippen LogP contribution in [0.2, 0.25) is 5.15 Å². The second-order valence-electron chi connectivity index (χ2n) is 3.50. The van der Waals surface area contributed by atoms with E-state index in [2.05, 4.69) is 20.9 Å². The van der Waals surface area contributed by atoms with Crippen LogP contribution in [0.1, 0.15) is 0 Å². The third kappa shape index (κ3) is 4.23. The second-order valence-corrected chi connectivity index (χ2v) is 4.71. The number of amides is 1. The van der Waals surface area contributed by atoms with Gasteiger partial charge in [0.15, 0.2) is 0 Å². The first-order valence-corrected chi connectivity index (χ1v) is 5.85. The molecule has 20 heavy (non-hydrogen) atoms. The Morgan fingerprint density at radius 1 is 1.25 bits per heavy atom. The molecule has 0 aliphatic carbocycles. The number of nitrogens with one attached hydrogen (secondary N) is 1. The largest absolute Gasteiger partial charge is 0.409 e. The molecule has 11 heteroatoms. The Hall–Kier alpha value is -1.03. The van der Waals surface area contributed by atoms with Gasteiger partial charge in [0.2, 0.25) is 11.8 Å². The predicted molar refractivity (Wildman–Crippen MR) is 61.2 cm³/mol. The van der Waals surface area contributed by atoms with E-state index in [1.54, 1.807) is 0 Å². The van der Waals surface area contributed by atoms with Gasteiger partial charge in [0.25, 0.3) is 0 Å². The maximum atomic E-state index is 12.3. The standard InChI is InChI=1S/C9H4BrClF6N2O/c10-4-1-3(2-18-6(4)11)19-7(20)5(8(12,13)14)9(15,16)17/h1-2,5H,(H,19,20). The number of rotatable bonds is 2. The number of alkyl halides is 6. The molecule has 1 rings (SSSR count). The summed E-state index contributed by atoms with van der Waals surface area (Å²) in [6.45, 7) is 0. The van der Waals surface area contributed by atoms with Crippen molar-refractivity contribution in [1.29, 1.82) is 0 Å². The Morgan fingerprint density at radius 2 is 1.75 bits per heavy atom. The van der Waals surface area contributed by atoms with Crippen molar-refractivity contribution < 1.29 is 31.1 Å². The highest BCUT2D eigenvalue weighted by Gasteiger charge is 2.61. The molecule has 1 amide bonds. The summed E-state index contributed by atoms with van der Waals surface area (Å²) >= 11 is 8.36. The summed E-state index contributed by atoms with van der Waals surface area (Å²) < 4.78 is 73.8. The highest BCUT2D eigenvalue weighted by molar-refractivity contribution is 9.10. The Kier molecular flexibility index (Phi) is 4.90. The number of halogens is 8. The van der Waals surface area contributed by atoms with Gasteiger partial charge in [-0.3, -0.25) is 4.79 Å². The molecular formula is C9H4BrClF6N2O. The van der Waals surface area contributed by atoms with E-state index < -0.39 is 24.2 Å². The quantitative estimate of drug-likeness (QED) is 0.613. The van der Waals surface area contributed by atoms with Crippen molar-refractivity contribution in [2.24, 2.45) is 5.92 Å². The molecule has 1 heterocycles. The van der Waals surface area contributed by atoms with Crippen LogP contribution in [0, 0.1) is 5.92 Å². The van der Waals surface area contributed by atoms with Crippen LogP contribution in [0.5, 0.6) is 0 Å². The number of hydrogen-bond acceptors (Lipinski definition) is 2. The minimum Gasteiger partial charge on any atom is -0.324 e. The third-order valence-corrected chi connectivity index (χ3v) is 3.11. The fourth-order valence-electron chi connectivity index (χ4n) is 1.19. The van der Waals surface area contributed by atoms with Crippen LogP contribution in [-0.4, -0.2) is 23.2 Å². The second kappa shape index (κ2) is 5.76. The normalized spacial score (nSPS) is 12.7. The first-order chi connectivity index (χ1) is 8.93. The van der Waals surface area contributed by atoms with Crippen molar-refractivity contribution in [2.45, 2.75) is 12.4 Å². The highest BCUT2D eigenvalue weighted by atomic mass is 79.9. The lowest BCUT2D eigenvalue weighted by atomic mass is 10.1. The maximum absolute atomic E-state index is 12.3. The molecule has 0 fully saturated rings. The smallest absolute Gasteiger partial charge is 0.324 e. The van der Waals surface area contributed by atoms with Crippen molar-refractivity contribution in [3.63, 3.8) is 0 Å². The van der Waals surface area contributed by atoms with Gasteiger partial charge in [0.1, 0.15) is 5.15 Å². The van der Waals surface area contributed by atoms with Crippen LogP contribution < -0.4 is 5.32 Å². The SMILES string of the molecule is O=C(Nc1cnc(Cl)c(Br)c1)C(C(F)(F)F)C(F)(F)F. The number of aromatic nitrogens is 1. The van der Waals surface area contributed by atoms with Gasteiger partial charge in [0.05, 0.1) is 16.4 Å². The molecule has 0 saturated carbocycles. The summed E-state index contributed by atoms with van der Waals surface area (Å²) in [5, 5.41) is 1.43. The first kappa shape index (κ1) is 17.0. The van der Waals surface area contributed by atoms with E-state index >= 15 is 0 Å². The number of carbonyl (C=O) groups excluding carboxylic acids is 1. The van der Waals surface area contributed by atoms with E-state index in [1.165, 1.54) is 5.32 Å². The van der Waals surface area contributed by atoms with Crippen molar-refractivity contribution in [2.75, 3.05) is 5.32 Å². The van der Waals surface area contributed by atoms with Gasteiger partial charge in [-0.15, -0.1) is 0 Å². The predicted octanol–water partition coefficient (Wildman–Crippen LogP) is 4.18. The summed E-state index contributed by atoms with van der Waals surface area (Å²) in [6.07, 6.45) is -10.7. The lowest BCUT2D eigenvalue weighted by Crippen LogP contribution is -2.45. The molecule has 0 bridgehead atoms. The fraction of sp³-hybridized carbons (Fsp3) is 0.333. The molecule has 0 spiro atoms. The highest BCUT2D eigenvalue weighted by Crippen LogP contribution is 2.40. The number of nitrogens with zero attached hydrogens (tertiary/aromatic N) is 1. The average molecular weight is 385 g/mol. The third-order valence-electron chi connectivity index (χ3n) is 1.98. The van der Waals surface area contributed by atoms with Gasteiger partial charge < -0.3 is 5.32 Å². The van der Waals surface area contributed by atoms with Crippen molar-refractivity contribution in [3.05, 3.63) is 21.9 Å². The van der Waals surface area contributed by atoms with E-state index in [1.807, 2.05) is 0 Å². The molecule has 0 aliphatic rings. The van der Waals surface area contributed by atoms with E-state index in [4.69, 9.17) is 11.6 Å². The van der Waals surface area contributed by atoms with Gasteiger partial charge >= 0.3 is 12.4 Å². The van der Waals surface area contributed by atoms with Gasteiger partial charge in [-0.1, -0.05) is 11.6 Å². The maximum Gasteiger partial charge on any atom is 0.409 e. The molecule has 0 unspecified atom stereocenters. The molecular weight excluding hydrogens is 381 g/mol. The molecule has 0 aromatic carbocycles. The van der Waals surface area contributed by atoms with E-state index in [-0.39, 0.29) is 15.3 Å². The number of carbonyl (C=O) groups is 1. The monoisotopic (exact) mass is 384 g/mol. The molecule has 1 aromatic heterocycles.